The SMILES string of the molecule is c1ccc2c(c1)CC(c1ccc(Cc3ccc(N4COc5ccccc5C4)cc3)cc1)CO2. The van der Waals surface area contributed by atoms with Gasteiger partial charge >= 0.3 is 0 Å². The Morgan fingerprint density at radius 1 is 0.667 bits per heavy atom. The van der Waals surface area contributed by atoms with E-state index >= 15 is 0 Å². The van der Waals surface area contributed by atoms with Gasteiger partial charge in [-0.1, -0.05) is 72.8 Å². The summed E-state index contributed by atoms with van der Waals surface area (Å²) in [5.74, 6) is 2.46. The van der Waals surface area contributed by atoms with Crippen molar-refractivity contribution < 1.29 is 9.47 Å². The fourth-order valence-electron chi connectivity index (χ4n) is 4.85. The number of anilines is 1. The molecule has 0 radical (unpaired) electrons. The average Bonchev–Trinajstić information content (AvgIpc) is 2.89. The molecule has 164 valence electrons. The fraction of sp³-hybridized carbons (Fsp3) is 0.200. The molecule has 0 fully saturated rings. The van der Waals surface area contributed by atoms with Crippen molar-refractivity contribution in [1.29, 1.82) is 0 Å². The van der Waals surface area contributed by atoms with Crippen molar-refractivity contribution >= 4 is 5.69 Å². The Bertz CT molecular complexity index is 1150. The predicted molar refractivity (Wildman–Crippen MR) is 132 cm³/mol. The summed E-state index contributed by atoms with van der Waals surface area (Å²) >= 11 is 0. The van der Waals surface area contributed by atoms with Gasteiger partial charge in [0.25, 0.3) is 0 Å². The number of fused-ring (bicyclic) bond motifs is 2. The normalized spacial score (nSPS) is 16.8. The number of benzene rings is 4. The highest BCUT2D eigenvalue weighted by Gasteiger charge is 2.21. The van der Waals surface area contributed by atoms with Gasteiger partial charge in [-0.3, -0.25) is 0 Å². The van der Waals surface area contributed by atoms with Crippen molar-refractivity contribution in [2.24, 2.45) is 0 Å². The van der Waals surface area contributed by atoms with Gasteiger partial charge in [0.05, 0.1) is 6.61 Å². The van der Waals surface area contributed by atoms with Crippen LogP contribution in [-0.2, 0) is 19.4 Å². The van der Waals surface area contributed by atoms with E-state index in [-0.39, 0.29) is 0 Å². The lowest BCUT2D eigenvalue weighted by Gasteiger charge is -2.30. The van der Waals surface area contributed by atoms with Crippen LogP contribution < -0.4 is 14.4 Å². The van der Waals surface area contributed by atoms with E-state index in [2.05, 4.69) is 83.8 Å². The number of ether oxygens (including phenoxy) is 2. The molecule has 3 nitrogen and oxygen atoms in total. The largest absolute Gasteiger partial charge is 0.493 e. The summed E-state index contributed by atoms with van der Waals surface area (Å²) in [6.07, 6.45) is 1.98. The molecule has 2 aliphatic rings. The minimum absolute atomic E-state index is 0.421. The first kappa shape index (κ1) is 19.9. The van der Waals surface area contributed by atoms with E-state index < -0.39 is 0 Å². The summed E-state index contributed by atoms with van der Waals surface area (Å²) in [5.41, 5.74) is 7.74. The van der Waals surface area contributed by atoms with Crippen LogP contribution in [0.5, 0.6) is 11.5 Å². The second kappa shape index (κ2) is 8.67. The van der Waals surface area contributed by atoms with E-state index in [1.165, 1.54) is 33.5 Å². The van der Waals surface area contributed by atoms with Gasteiger partial charge in [-0.25, -0.2) is 0 Å². The van der Waals surface area contributed by atoms with Crippen molar-refractivity contribution in [2.75, 3.05) is 18.2 Å². The molecule has 0 aliphatic carbocycles. The Morgan fingerprint density at radius 2 is 1.30 bits per heavy atom. The Kier molecular flexibility index (Phi) is 5.23. The third-order valence-corrected chi connectivity index (χ3v) is 6.75. The molecule has 2 heterocycles. The zero-order valence-electron chi connectivity index (χ0n) is 18.6. The second-order valence-electron chi connectivity index (χ2n) is 8.98. The zero-order valence-corrected chi connectivity index (χ0v) is 18.6. The van der Waals surface area contributed by atoms with Gasteiger partial charge in [0.1, 0.15) is 11.5 Å². The van der Waals surface area contributed by atoms with E-state index in [4.69, 9.17) is 9.47 Å². The summed E-state index contributed by atoms with van der Waals surface area (Å²) in [7, 11) is 0. The molecular weight excluding hydrogens is 406 g/mol. The van der Waals surface area contributed by atoms with Gasteiger partial charge in [0, 0.05) is 23.7 Å². The third-order valence-electron chi connectivity index (χ3n) is 6.75. The molecular formula is C30H27NO2. The second-order valence-corrected chi connectivity index (χ2v) is 8.98. The third kappa shape index (κ3) is 4.19. The molecule has 1 atom stereocenters. The van der Waals surface area contributed by atoms with Crippen LogP contribution in [0.1, 0.15) is 33.7 Å². The highest BCUT2D eigenvalue weighted by Crippen LogP contribution is 2.32. The van der Waals surface area contributed by atoms with Gasteiger partial charge in [-0.2, -0.15) is 0 Å². The number of nitrogens with zero attached hydrogens (tertiary/aromatic N) is 1. The topological polar surface area (TPSA) is 21.7 Å². The Balaban J connectivity index is 1.10. The van der Waals surface area contributed by atoms with Gasteiger partial charge in [0.2, 0.25) is 0 Å². The van der Waals surface area contributed by atoms with E-state index in [0.29, 0.717) is 12.6 Å². The Labute approximate surface area is 195 Å². The van der Waals surface area contributed by atoms with Crippen LogP contribution in [0, 0.1) is 0 Å². The first-order valence-corrected chi connectivity index (χ1v) is 11.7. The fourth-order valence-corrected chi connectivity index (χ4v) is 4.85. The summed E-state index contributed by atoms with van der Waals surface area (Å²) in [4.78, 5) is 2.27. The molecule has 4 aromatic carbocycles. The minimum atomic E-state index is 0.421. The lowest BCUT2D eigenvalue weighted by atomic mass is 9.89. The van der Waals surface area contributed by atoms with Crippen molar-refractivity contribution in [3.8, 4) is 11.5 Å². The number of hydrogen-bond donors (Lipinski definition) is 0. The number of hydrogen-bond acceptors (Lipinski definition) is 3. The first-order chi connectivity index (χ1) is 16.3. The highest BCUT2D eigenvalue weighted by atomic mass is 16.5. The minimum Gasteiger partial charge on any atom is -0.493 e. The molecule has 2 aliphatic heterocycles. The van der Waals surface area contributed by atoms with E-state index in [1.54, 1.807) is 0 Å². The lowest BCUT2D eigenvalue weighted by molar-refractivity contribution is 0.262. The van der Waals surface area contributed by atoms with Crippen molar-refractivity contribution in [2.45, 2.75) is 25.3 Å². The maximum absolute atomic E-state index is 5.98. The molecule has 6 rings (SSSR count). The van der Waals surface area contributed by atoms with Crippen LogP contribution in [0.2, 0.25) is 0 Å². The maximum atomic E-state index is 5.98. The van der Waals surface area contributed by atoms with Crippen molar-refractivity contribution in [3.05, 3.63) is 125 Å². The smallest absolute Gasteiger partial charge is 0.161 e. The van der Waals surface area contributed by atoms with Gasteiger partial charge in [-0.05, 0) is 59.4 Å². The van der Waals surface area contributed by atoms with E-state index in [9.17, 15) is 0 Å². The molecule has 0 saturated heterocycles. The average molecular weight is 434 g/mol. The molecule has 0 bridgehead atoms. The van der Waals surface area contributed by atoms with E-state index in [1.807, 2.05) is 18.2 Å². The number of rotatable bonds is 4. The van der Waals surface area contributed by atoms with Gasteiger partial charge < -0.3 is 14.4 Å². The zero-order chi connectivity index (χ0) is 22.0. The predicted octanol–water partition coefficient (Wildman–Crippen LogP) is 6.35. The van der Waals surface area contributed by atoms with E-state index in [0.717, 1.165) is 37.5 Å². The highest BCUT2D eigenvalue weighted by molar-refractivity contribution is 5.51. The molecule has 33 heavy (non-hydrogen) atoms. The lowest BCUT2D eigenvalue weighted by Crippen LogP contribution is -2.31. The van der Waals surface area contributed by atoms with Crippen molar-refractivity contribution in [1.82, 2.24) is 0 Å². The van der Waals surface area contributed by atoms with Crippen molar-refractivity contribution in [3.63, 3.8) is 0 Å². The molecule has 1 unspecified atom stereocenters. The monoisotopic (exact) mass is 433 g/mol. The van der Waals surface area contributed by atoms with Crippen LogP contribution in [0.15, 0.2) is 97.1 Å². The van der Waals surface area contributed by atoms with Crippen LogP contribution in [0.3, 0.4) is 0 Å². The molecule has 0 amide bonds. The summed E-state index contributed by atoms with van der Waals surface area (Å²) in [6.45, 7) is 2.22. The molecule has 0 spiro atoms. The van der Waals surface area contributed by atoms with Gasteiger partial charge in [-0.15, -0.1) is 0 Å². The Morgan fingerprint density at radius 3 is 2.06 bits per heavy atom. The summed E-state index contributed by atoms with van der Waals surface area (Å²) in [5, 5.41) is 0. The molecule has 4 aromatic rings. The molecule has 0 N–H and O–H groups in total. The maximum Gasteiger partial charge on any atom is 0.161 e. The van der Waals surface area contributed by atoms with Crippen LogP contribution >= 0.6 is 0 Å². The molecule has 0 saturated carbocycles. The Hall–Kier alpha value is -3.72. The van der Waals surface area contributed by atoms with Crippen LogP contribution in [0.25, 0.3) is 0 Å². The number of para-hydroxylation sites is 2. The molecule has 3 heteroatoms. The van der Waals surface area contributed by atoms with Crippen LogP contribution in [0.4, 0.5) is 5.69 Å². The first-order valence-electron chi connectivity index (χ1n) is 11.7. The standard InChI is InChI=1S/C30H27NO2/c1-3-7-29-25(5-1)18-27(20-32-29)24-13-9-22(10-14-24)17-23-11-15-28(16-12-23)31-19-26-6-2-4-8-30(26)33-21-31/h1-16,27H,17-21H2. The van der Waals surface area contributed by atoms with Crippen LogP contribution in [-0.4, -0.2) is 13.3 Å². The van der Waals surface area contributed by atoms with Gasteiger partial charge in [0.15, 0.2) is 6.73 Å². The molecule has 0 aromatic heterocycles. The quantitative estimate of drug-likeness (QED) is 0.374. The summed E-state index contributed by atoms with van der Waals surface area (Å²) < 4.78 is 11.9. The summed E-state index contributed by atoms with van der Waals surface area (Å²) in [6, 6.07) is 34.6.